The van der Waals surface area contributed by atoms with Gasteiger partial charge in [0.2, 0.25) is 0 Å². The molecule has 0 bridgehead atoms. The van der Waals surface area contributed by atoms with Gasteiger partial charge >= 0.3 is 0 Å². The number of carbonyl (C=O) groups is 1. The molecule has 0 saturated carbocycles. The Morgan fingerprint density at radius 1 is 1.00 bits per heavy atom. The highest BCUT2D eigenvalue weighted by atomic mass is 16.5. The van der Waals surface area contributed by atoms with Crippen LogP contribution >= 0.6 is 0 Å². The lowest BCUT2D eigenvalue weighted by atomic mass is 9.91. The van der Waals surface area contributed by atoms with Crippen molar-refractivity contribution in [3.05, 3.63) is 35.6 Å². The number of methoxy groups -OCH3 is 2. The SMILES string of the molecule is COC1=C(c2ccc(OC)cc2)C(=O)CCC1. The van der Waals surface area contributed by atoms with Crippen LogP contribution in [-0.2, 0) is 9.53 Å². The molecule has 1 aromatic carbocycles. The maximum atomic E-state index is 11.9. The van der Waals surface area contributed by atoms with Gasteiger partial charge in [0.15, 0.2) is 5.78 Å². The van der Waals surface area contributed by atoms with Crippen LogP contribution in [0.3, 0.4) is 0 Å². The molecule has 2 rings (SSSR count). The van der Waals surface area contributed by atoms with Gasteiger partial charge in [-0.05, 0) is 24.1 Å². The van der Waals surface area contributed by atoms with Crippen molar-refractivity contribution in [2.75, 3.05) is 14.2 Å². The molecule has 0 aromatic heterocycles. The van der Waals surface area contributed by atoms with E-state index in [0.29, 0.717) is 6.42 Å². The van der Waals surface area contributed by atoms with Gasteiger partial charge in [0, 0.05) is 12.8 Å². The summed E-state index contributed by atoms with van der Waals surface area (Å²) in [4.78, 5) is 11.9. The summed E-state index contributed by atoms with van der Waals surface area (Å²) in [5, 5.41) is 0. The molecule has 0 saturated heterocycles. The van der Waals surface area contributed by atoms with Gasteiger partial charge < -0.3 is 9.47 Å². The van der Waals surface area contributed by atoms with E-state index in [1.165, 1.54) is 0 Å². The summed E-state index contributed by atoms with van der Waals surface area (Å²) in [5.74, 6) is 1.75. The summed E-state index contributed by atoms with van der Waals surface area (Å²) in [6.07, 6.45) is 2.32. The van der Waals surface area contributed by atoms with Crippen LogP contribution in [0, 0.1) is 0 Å². The van der Waals surface area contributed by atoms with E-state index in [9.17, 15) is 4.79 Å². The Morgan fingerprint density at radius 2 is 1.71 bits per heavy atom. The third-order valence-electron chi connectivity index (χ3n) is 2.99. The van der Waals surface area contributed by atoms with Gasteiger partial charge in [-0.2, -0.15) is 0 Å². The monoisotopic (exact) mass is 232 g/mol. The molecule has 3 nitrogen and oxygen atoms in total. The molecule has 1 aromatic rings. The number of carbonyl (C=O) groups excluding carboxylic acids is 1. The van der Waals surface area contributed by atoms with Gasteiger partial charge in [0.25, 0.3) is 0 Å². The van der Waals surface area contributed by atoms with Crippen LogP contribution in [0.15, 0.2) is 30.0 Å². The minimum Gasteiger partial charge on any atom is -0.500 e. The first-order valence-electron chi connectivity index (χ1n) is 5.71. The van der Waals surface area contributed by atoms with E-state index in [2.05, 4.69) is 0 Å². The third-order valence-corrected chi connectivity index (χ3v) is 2.99. The van der Waals surface area contributed by atoms with E-state index < -0.39 is 0 Å². The van der Waals surface area contributed by atoms with Crippen molar-refractivity contribution in [2.45, 2.75) is 19.3 Å². The smallest absolute Gasteiger partial charge is 0.166 e. The van der Waals surface area contributed by atoms with Crippen molar-refractivity contribution in [1.29, 1.82) is 0 Å². The molecule has 0 N–H and O–H groups in total. The van der Waals surface area contributed by atoms with E-state index in [4.69, 9.17) is 9.47 Å². The maximum Gasteiger partial charge on any atom is 0.166 e. The zero-order valence-corrected chi connectivity index (χ0v) is 10.2. The van der Waals surface area contributed by atoms with Crippen LogP contribution < -0.4 is 4.74 Å². The minimum atomic E-state index is 0.165. The van der Waals surface area contributed by atoms with Crippen molar-refractivity contribution >= 4 is 11.4 Å². The van der Waals surface area contributed by atoms with Crippen molar-refractivity contribution in [1.82, 2.24) is 0 Å². The first-order valence-corrected chi connectivity index (χ1v) is 5.71. The van der Waals surface area contributed by atoms with E-state index in [0.717, 1.165) is 35.5 Å². The minimum absolute atomic E-state index is 0.165. The lowest BCUT2D eigenvalue weighted by Gasteiger charge is -2.18. The Labute approximate surface area is 101 Å². The number of Topliss-reactive ketones (excluding diaryl/α,β-unsaturated/α-hetero) is 1. The normalized spacial score (nSPS) is 16.0. The number of rotatable bonds is 3. The van der Waals surface area contributed by atoms with Crippen molar-refractivity contribution in [3.63, 3.8) is 0 Å². The van der Waals surface area contributed by atoms with Crippen LogP contribution in [0.4, 0.5) is 0 Å². The fourth-order valence-electron chi connectivity index (χ4n) is 2.10. The topological polar surface area (TPSA) is 35.5 Å². The van der Waals surface area contributed by atoms with Crippen molar-refractivity contribution < 1.29 is 14.3 Å². The highest BCUT2D eigenvalue weighted by molar-refractivity contribution is 6.21. The van der Waals surface area contributed by atoms with Gasteiger partial charge in [-0.15, -0.1) is 0 Å². The molecular weight excluding hydrogens is 216 g/mol. The molecule has 0 unspecified atom stereocenters. The van der Waals surface area contributed by atoms with Crippen LogP contribution in [0.2, 0.25) is 0 Å². The molecule has 0 fully saturated rings. The molecule has 0 aliphatic heterocycles. The fraction of sp³-hybridized carbons (Fsp3) is 0.357. The Bertz CT molecular complexity index is 443. The number of ketones is 1. The van der Waals surface area contributed by atoms with E-state index in [-0.39, 0.29) is 5.78 Å². The van der Waals surface area contributed by atoms with Gasteiger partial charge in [-0.25, -0.2) is 0 Å². The number of hydrogen-bond acceptors (Lipinski definition) is 3. The Kier molecular flexibility index (Phi) is 3.47. The second-order valence-electron chi connectivity index (χ2n) is 4.01. The van der Waals surface area contributed by atoms with Gasteiger partial charge in [0.1, 0.15) is 11.5 Å². The van der Waals surface area contributed by atoms with Crippen LogP contribution in [-0.4, -0.2) is 20.0 Å². The number of hydrogen-bond donors (Lipinski definition) is 0. The zero-order valence-electron chi connectivity index (χ0n) is 10.2. The summed E-state index contributed by atoms with van der Waals surface area (Å²) < 4.78 is 10.4. The second-order valence-corrected chi connectivity index (χ2v) is 4.01. The van der Waals surface area contributed by atoms with Gasteiger partial charge in [0.05, 0.1) is 19.8 Å². The lowest BCUT2D eigenvalue weighted by Crippen LogP contribution is -2.11. The summed E-state index contributed by atoms with van der Waals surface area (Å²) in [5.41, 5.74) is 1.63. The predicted octanol–water partition coefficient (Wildman–Crippen LogP) is 2.81. The molecule has 0 heterocycles. The fourth-order valence-corrected chi connectivity index (χ4v) is 2.10. The average molecular weight is 232 g/mol. The van der Waals surface area contributed by atoms with Crippen molar-refractivity contribution in [3.8, 4) is 5.75 Å². The molecule has 3 heteroatoms. The predicted molar refractivity (Wildman–Crippen MR) is 65.8 cm³/mol. The van der Waals surface area contributed by atoms with E-state index >= 15 is 0 Å². The summed E-state index contributed by atoms with van der Waals surface area (Å²) in [6, 6.07) is 7.52. The average Bonchev–Trinajstić information content (AvgIpc) is 2.38. The van der Waals surface area contributed by atoms with Gasteiger partial charge in [-0.1, -0.05) is 12.1 Å². The second kappa shape index (κ2) is 5.04. The molecule has 1 aliphatic rings. The van der Waals surface area contributed by atoms with Crippen molar-refractivity contribution in [2.24, 2.45) is 0 Å². The van der Waals surface area contributed by atoms with Gasteiger partial charge in [-0.3, -0.25) is 4.79 Å². The Hall–Kier alpha value is -1.77. The Morgan fingerprint density at radius 3 is 2.29 bits per heavy atom. The molecule has 1 aliphatic carbocycles. The lowest BCUT2D eigenvalue weighted by molar-refractivity contribution is -0.114. The number of ether oxygens (including phenoxy) is 2. The molecule has 0 spiro atoms. The summed E-state index contributed by atoms with van der Waals surface area (Å²) in [7, 11) is 3.25. The molecule has 17 heavy (non-hydrogen) atoms. The maximum absolute atomic E-state index is 11.9. The molecule has 0 amide bonds. The quantitative estimate of drug-likeness (QED) is 0.803. The molecular formula is C14H16O3. The highest BCUT2D eigenvalue weighted by Crippen LogP contribution is 2.30. The third kappa shape index (κ3) is 2.33. The number of allylic oxidation sites excluding steroid dienone is 2. The molecule has 0 atom stereocenters. The summed E-state index contributed by atoms with van der Waals surface area (Å²) >= 11 is 0. The first-order chi connectivity index (χ1) is 8.26. The van der Waals surface area contributed by atoms with Crippen LogP contribution in [0.5, 0.6) is 5.75 Å². The molecule has 90 valence electrons. The standard InChI is InChI=1S/C14H16O3/c1-16-11-8-6-10(7-9-11)14-12(15)4-3-5-13(14)17-2/h6-9H,3-5H2,1-2H3. The van der Waals surface area contributed by atoms with Crippen LogP contribution in [0.25, 0.3) is 5.57 Å². The largest absolute Gasteiger partial charge is 0.500 e. The zero-order chi connectivity index (χ0) is 12.3. The summed E-state index contributed by atoms with van der Waals surface area (Å²) in [6.45, 7) is 0. The molecule has 0 radical (unpaired) electrons. The highest BCUT2D eigenvalue weighted by Gasteiger charge is 2.22. The number of benzene rings is 1. The first kappa shape index (κ1) is 11.7. The van der Waals surface area contributed by atoms with E-state index in [1.807, 2.05) is 24.3 Å². The Balaban J connectivity index is 2.41. The van der Waals surface area contributed by atoms with Crippen LogP contribution in [0.1, 0.15) is 24.8 Å². The van der Waals surface area contributed by atoms with E-state index in [1.54, 1.807) is 14.2 Å².